The Labute approximate surface area is 212 Å². The van der Waals surface area contributed by atoms with E-state index in [0.29, 0.717) is 16.7 Å². The van der Waals surface area contributed by atoms with Gasteiger partial charge < -0.3 is 19.9 Å². The highest BCUT2D eigenvalue weighted by atomic mass is 35.5. The van der Waals surface area contributed by atoms with E-state index in [9.17, 15) is 13.2 Å². The lowest BCUT2D eigenvalue weighted by Crippen LogP contribution is -2.33. The van der Waals surface area contributed by atoms with E-state index in [2.05, 4.69) is 20.2 Å². The molecule has 3 rings (SSSR count). The molecule has 1 heterocycles. The molecule has 0 bridgehead atoms. The Kier molecular flexibility index (Phi) is 8.33. The molecule has 0 aliphatic heterocycles. The summed E-state index contributed by atoms with van der Waals surface area (Å²) in [5, 5.41) is 16.7. The summed E-state index contributed by atoms with van der Waals surface area (Å²) in [7, 11) is -1.34. The molecular formula is C23H25ClFN5O5S. The van der Waals surface area contributed by atoms with Crippen molar-refractivity contribution in [3.63, 3.8) is 0 Å². The molecule has 0 aliphatic carbocycles. The standard InChI is InChI=1S/C23H25ClFN5O5S/c1-12-16(14(10-26)11-27-3)6-7-17(25)20(12)13(2)21(22-28-29-23(31)35-22)30-36(32,33)19-8-5-15(24)9-18(19)34-4/h5-11,13,21,26-27,30H,1-4H3,(H,29,31)/b14-11+,26-10?/t13-,21+/m1/s1. The third-order valence-electron chi connectivity index (χ3n) is 5.60. The number of hydrogen-bond donors (Lipinski definition) is 4. The maximum absolute atomic E-state index is 15.2. The van der Waals surface area contributed by atoms with Gasteiger partial charge in [0.1, 0.15) is 22.5 Å². The second-order valence-corrected chi connectivity index (χ2v) is 9.92. The number of allylic oxidation sites excluding steroid dienone is 1. The number of H-pyrrole nitrogens is 1. The van der Waals surface area contributed by atoms with E-state index in [-0.39, 0.29) is 27.1 Å². The first kappa shape index (κ1) is 27.1. The molecule has 0 unspecified atom stereocenters. The number of hydrogen-bond acceptors (Lipinski definition) is 8. The molecule has 0 amide bonds. The van der Waals surface area contributed by atoms with E-state index in [1.165, 1.54) is 37.4 Å². The molecule has 1 aromatic heterocycles. The number of ether oxygens (including phenoxy) is 1. The summed E-state index contributed by atoms with van der Waals surface area (Å²) in [6.07, 6.45) is 2.70. The van der Waals surface area contributed by atoms with Crippen LogP contribution in [0.5, 0.6) is 5.75 Å². The van der Waals surface area contributed by atoms with Gasteiger partial charge in [-0.15, -0.1) is 5.10 Å². The summed E-state index contributed by atoms with van der Waals surface area (Å²) >= 11 is 5.96. The minimum absolute atomic E-state index is 0.0120. The molecule has 0 aliphatic rings. The van der Waals surface area contributed by atoms with Crippen LogP contribution in [-0.4, -0.2) is 39.0 Å². The number of rotatable bonds is 10. The molecule has 0 fully saturated rings. The van der Waals surface area contributed by atoms with Gasteiger partial charge in [0.25, 0.3) is 0 Å². The zero-order valence-electron chi connectivity index (χ0n) is 19.8. The van der Waals surface area contributed by atoms with Gasteiger partial charge in [0.15, 0.2) is 0 Å². The Morgan fingerprint density at radius 2 is 2.06 bits per heavy atom. The third kappa shape index (κ3) is 5.50. The molecule has 2 aromatic carbocycles. The molecule has 0 spiro atoms. The number of methoxy groups -OCH3 is 1. The minimum Gasteiger partial charge on any atom is -0.495 e. The smallest absolute Gasteiger partial charge is 0.434 e. The number of nitrogens with one attached hydrogen (secondary N) is 4. The zero-order valence-corrected chi connectivity index (χ0v) is 21.4. The van der Waals surface area contributed by atoms with Crippen LogP contribution >= 0.6 is 11.6 Å². The van der Waals surface area contributed by atoms with Crippen molar-refractivity contribution in [3.8, 4) is 5.75 Å². The maximum Gasteiger partial charge on any atom is 0.434 e. The van der Waals surface area contributed by atoms with Crippen molar-refractivity contribution in [1.82, 2.24) is 20.2 Å². The molecule has 2 atom stereocenters. The Hall–Kier alpha value is -3.48. The summed E-state index contributed by atoms with van der Waals surface area (Å²) in [6, 6.07) is 5.44. The predicted octanol–water partition coefficient (Wildman–Crippen LogP) is 3.51. The van der Waals surface area contributed by atoms with Gasteiger partial charge in [0.2, 0.25) is 15.9 Å². The molecule has 10 nitrogen and oxygen atoms in total. The van der Waals surface area contributed by atoms with Crippen molar-refractivity contribution in [3.05, 3.63) is 80.5 Å². The second kappa shape index (κ2) is 11.1. The van der Waals surface area contributed by atoms with E-state index in [1.807, 2.05) is 0 Å². The van der Waals surface area contributed by atoms with Crippen molar-refractivity contribution in [2.24, 2.45) is 0 Å². The van der Waals surface area contributed by atoms with E-state index in [0.717, 1.165) is 6.21 Å². The average Bonchev–Trinajstić information content (AvgIpc) is 3.27. The maximum atomic E-state index is 15.2. The lowest BCUT2D eigenvalue weighted by molar-refractivity contribution is 0.374. The number of sulfonamides is 1. The Morgan fingerprint density at radius 1 is 1.33 bits per heavy atom. The topological polar surface area (TPSA) is 150 Å². The normalized spacial score (nSPS) is 13.8. The molecule has 36 heavy (non-hydrogen) atoms. The molecule has 0 saturated heterocycles. The van der Waals surface area contributed by atoms with Crippen LogP contribution in [0.4, 0.5) is 4.39 Å². The predicted molar refractivity (Wildman–Crippen MR) is 134 cm³/mol. The lowest BCUT2D eigenvalue weighted by atomic mass is 9.86. The fourth-order valence-electron chi connectivity index (χ4n) is 3.92. The summed E-state index contributed by atoms with van der Waals surface area (Å²) < 4.78 is 54.7. The van der Waals surface area contributed by atoms with E-state index in [4.69, 9.17) is 26.2 Å². The van der Waals surface area contributed by atoms with Crippen molar-refractivity contribution in [1.29, 1.82) is 5.41 Å². The van der Waals surface area contributed by atoms with Gasteiger partial charge in [-0.05, 0) is 41.8 Å². The molecule has 0 radical (unpaired) electrons. The number of nitrogens with zero attached hydrogens (tertiary/aromatic N) is 1. The Morgan fingerprint density at radius 3 is 2.64 bits per heavy atom. The van der Waals surface area contributed by atoms with Crippen molar-refractivity contribution >= 4 is 33.4 Å². The van der Waals surface area contributed by atoms with Gasteiger partial charge in [0.05, 0.1) is 7.11 Å². The van der Waals surface area contributed by atoms with Crippen LogP contribution in [0, 0.1) is 18.2 Å². The van der Waals surface area contributed by atoms with Crippen LogP contribution in [0.2, 0.25) is 5.02 Å². The number of benzene rings is 2. The second-order valence-electron chi connectivity index (χ2n) is 7.80. The van der Waals surface area contributed by atoms with Crippen LogP contribution in [0.1, 0.15) is 41.5 Å². The first-order valence-electron chi connectivity index (χ1n) is 10.6. The van der Waals surface area contributed by atoms with Crippen molar-refractivity contribution in [2.45, 2.75) is 30.7 Å². The Bertz CT molecular complexity index is 1470. The molecule has 192 valence electrons. The van der Waals surface area contributed by atoms with E-state index in [1.54, 1.807) is 27.1 Å². The van der Waals surface area contributed by atoms with E-state index >= 15 is 4.39 Å². The fourth-order valence-corrected chi connectivity index (χ4v) is 5.50. The van der Waals surface area contributed by atoms with Gasteiger partial charge in [-0.25, -0.2) is 22.7 Å². The first-order valence-corrected chi connectivity index (χ1v) is 12.5. The van der Waals surface area contributed by atoms with Crippen LogP contribution in [0.15, 0.2) is 50.6 Å². The number of aromatic amines is 1. The molecule has 13 heteroatoms. The van der Waals surface area contributed by atoms with Gasteiger partial charge in [-0.1, -0.05) is 24.6 Å². The quantitative estimate of drug-likeness (QED) is 0.289. The zero-order chi connectivity index (χ0) is 26.6. The average molecular weight is 538 g/mol. The van der Waals surface area contributed by atoms with Gasteiger partial charge >= 0.3 is 5.76 Å². The SMILES string of the molecule is CN/C=C(\C=N)c1ccc(F)c([C@@H](C)[C@H](NS(=O)(=O)c2ccc(Cl)cc2OC)c2n[nH]c(=O)o2)c1C. The first-order chi connectivity index (χ1) is 17.0. The Balaban J connectivity index is 2.16. The van der Waals surface area contributed by atoms with Crippen LogP contribution in [0.25, 0.3) is 5.57 Å². The molecule has 4 N–H and O–H groups in total. The minimum atomic E-state index is -4.31. The highest BCUT2D eigenvalue weighted by molar-refractivity contribution is 7.89. The van der Waals surface area contributed by atoms with Crippen LogP contribution in [-0.2, 0) is 10.0 Å². The van der Waals surface area contributed by atoms with Gasteiger partial charge in [0, 0.05) is 42.0 Å². The van der Waals surface area contributed by atoms with Gasteiger partial charge in [-0.3, -0.25) is 0 Å². The van der Waals surface area contributed by atoms with E-state index < -0.39 is 33.6 Å². The fraction of sp³-hybridized carbons (Fsp3) is 0.261. The highest BCUT2D eigenvalue weighted by Crippen LogP contribution is 2.37. The van der Waals surface area contributed by atoms with Crippen molar-refractivity contribution in [2.75, 3.05) is 14.2 Å². The summed E-state index contributed by atoms with van der Waals surface area (Å²) in [5.74, 6) is -2.72. The largest absolute Gasteiger partial charge is 0.495 e. The van der Waals surface area contributed by atoms with Crippen molar-refractivity contribution < 1.29 is 22.0 Å². The van der Waals surface area contributed by atoms with Crippen LogP contribution < -0.4 is 20.5 Å². The summed E-state index contributed by atoms with van der Waals surface area (Å²) in [6.45, 7) is 3.23. The highest BCUT2D eigenvalue weighted by Gasteiger charge is 2.34. The number of aromatic nitrogens is 2. The monoisotopic (exact) mass is 537 g/mol. The summed E-state index contributed by atoms with van der Waals surface area (Å²) in [4.78, 5) is 11.5. The molecule has 3 aromatic rings. The van der Waals surface area contributed by atoms with Gasteiger partial charge in [-0.2, -0.15) is 4.72 Å². The van der Waals surface area contributed by atoms with Crippen LogP contribution in [0.3, 0.4) is 0 Å². The lowest BCUT2D eigenvalue weighted by Gasteiger charge is -2.25. The molecular weight excluding hydrogens is 513 g/mol. The molecule has 0 saturated carbocycles. The number of halogens is 2. The summed E-state index contributed by atoms with van der Waals surface area (Å²) in [5.41, 5.74) is 1.67. The third-order valence-corrected chi connectivity index (χ3v) is 7.32.